The van der Waals surface area contributed by atoms with Gasteiger partial charge in [-0.05, 0) is 25.0 Å². The molecular formula is C19H21F4N5O3. The topological polar surface area (TPSA) is 107 Å². The number of nitrogens with two attached hydrogens (primary N) is 1. The number of aromatic nitrogens is 2. The van der Waals surface area contributed by atoms with E-state index in [1.807, 2.05) is 0 Å². The number of rotatable bonds is 7. The lowest BCUT2D eigenvalue weighted by atomic mass is 9.69. The number of methoxy groups -OCH3 is 1. The van der Waals surface area contributed by atoms with Crippen molar-refractivity contribution < 1.29 is 27.2 Å². The molecule has 0 atom stereocenters. The van der Waals surface area contributed by atoms with E-state index in [0.29, 0.717) is 25.4 Å². The first kappa shape index (κ1) is 22.7. The minimum Gasteiger partial charge on any atom is -0.384 e. The maximum atomic E-state index is 14.3. The van der Waals surface area contributed by atoms with Crippen LogP contribution in [0.5, 0.6) is 0 Å². The number of nitrogens with zero attached hydrogens (tertiary/aromatic N) is 4. The molecule has 31 heavy (non-hydrogen) atoms. The molecule has 0 saturated heterocycles. The fourth-order valence-electron chi connectivity index (χ4n) is 3.86. The Hall–Kier alpha value is -3.02. The van der Waals surface area contributed by atoms with Crippen LogP contribution in [0.15, 0.2) is 18.3 Å². The van der Waals surface area contributed by atoms with Gasteiger partial charge in [-0.1, -0.05) is 6.42 Å². The number of nitrogen functional groups attached to an aromatic ring is 1. The molecule has 0 amide bonds. The molecule has 0 aromatic carbocycles. The van der Waals surface area contributed by atoms with Crippen molar-refractivity contribution in [3.63, 3.8) is 0 Å². The normalized spacial score (nSPS) is 15.4. The second-order valence-corrected chi connectivity index (χ2v) is 7.72. The minimum absolute atomic E-state index is 0.0201. The summed E-state index contributed by atoms with van der Waals surface area (Å²) in [6.07, 6.45) is -1.68. The SMILES string of the molecule is COCC1(CN(C)c2cc(-c3cc(C(F)(F)F)cnc3F)nc(N)c2[N+](=O)[O-])CCC1. The van der Waals surface area contributed by atoms with Crippen LogP contribution in [-0.2, 0) is 10.9 Å². The first-order valence-electron chi connectivity index (χ1n) is 9.35. The van der Waals surface area contributed by atoms with Crippen molar-refractivity contribution in [2.45, 2.75) is 25.4 Å². The van der Waals surface area contributed by atoms with Crippen LogP contribution in [0.1, 0.15) is 24.8 Å². The van der Waals surface area contributed by atoms with Crippen molar-refractivity contribution in [1.29, 1.82) is 0 Å². The lowest BCUT2D eigenvalue weighted by molar-refractivity contribution is -0.383. The molecule has 2 heterocycles. The average Bonchev–Trinajstić information content (AvgIpc) is 2.64. The molecule has 1 aliphatic carbocycles. The smallest absolute Gasteiger partial charge is 0.384 e. The van der Waals surface area contributed by atoms with Crippen LogP contribution in [0.25, 0.3) is 11.3 Å². The molecule has 3 rings (SSSR count). The third-order valence-corrected chi connectivity index (χ3v) is 5.47. The van der Waals surface area contributed by atoms with E-state index in [9.17, 15) is 27.7 Å². The lowest BCUT2D eigenvalue weighted by Gasteiger charge is -2.44. The zero-order valence-corrected chi connectivity index (χ0v) is 16.9. The largest absolute Gasteiger partial charge is 0.417 e. The van der Waals surface area contributed by atoms with Gasteiger partial charge >= 0.3 is 11.9 Å². The molecule has 12 heteroatoms. The molecule has 1 aliphatic rings. The molecule has 8 nitrogen and oxygen atoms in total. The maximum absolute atomic E-state index is 14.3. The third-order valence-electron chi connectivity index (χ3n) is 5.47. The fraction of sp³-hybridized carbons (Fsp3) is 0.474. The summed E-state index contributed by atoms with van der Waals surface area (Å²) in [6, 6.07) is 1.71. The van der Waals surface area contributed by atoms with Gasteiger partial charge in [-0.3, -0.25) is 10.1 Å². The van der Waals surface area contributed by atoms with E-state index in [1.165, 1.54) is 0 Å². The zero-order chi connectivity index (χ0) is 23.0. The molecule has 168 valence electrons. The number of halogens is 4. The Kier molecular flexibility index (Phi) is 6.03. The zero-order valence-electron chi connectivity index (χ0n) is 16.9. The van der Waals surface area contributed by atoms with E-state index in [2.05, 4.69) is 9.97 Å². The van der Waals surface area contributed by atoms with E-state index < -0.39 is 39.7 Å². The minimum atomic E-state index is -4.75. The molecular weight excluding hydrogens is 422 g/mol. The van der Waals surface area contributed by atoms with Gasteiger partial charge in [0.05, 0.1) is 28.4 Å². The Labute approximate surface area is 175 Å². The lowest BCUT2D eigenvalue weighted by Crippen LogP contribution is -2.44. The summed E-state index contributed by atoms with van der Waals surface area (Å²) in [4.78, 5) is 19.4. The number of nitro groups is 1. The summed E-state index contributed by atoms with van der Waals surface area (Å²) in [7, 11) is 3.16. The molecule has 0 aliphatic heterocycles. The second-order valence-electron chi connectivity index (χ2n) is 7.72. The number of ether oxygens (including phenoxy) is 1. The van der Waals surface area contributed by atoms with Gasteiger partial charge in [0.2, 0.25) is 11.8 Å². The van der Waals surface area contributed by atoms with Crippen molar-refractivity contribution in [3.05, 3.63) is 40.0 Å². The molecule has 0 bridgehead atoms. The van der Waals surface area contributed by atoms with Crippen LogP contribution >= 0.6 is 0 Å². The molecule has 0 unspecified atom stereocenters. The van der Waals surface area contributed by atoms with Crippen LogP contribution in [0, 0.1) is 21.5 Å². The number of anilines is 2. The van der Waals surface area contributed by atoms with Crippen LogP contribution in [0.2, 0.25) is 0 Å². The fourth-order valence-corrected chi connectivity index (χ4v) is 3.86. The number of alkyl halides is 3. The number of pyridine rings is 2. The van der Waals surface area contributed by atoms with Crippen LogP contribution in [-0.4, -0.2) is 42.2 Å². The molecule has 2 N–H and O–H groups in total. The Morgan fingerprint density at radius 3 is 2.55 bits per heavy atom. The van der Waals surface area contributed by atoms with Gasteiger partial charge in [0, 0.05) is 32.3 Å². The highest BCUT2D eigenvalue weighted by molar-refractivity contribution is 5.79. The molecule has 2 aromatic rings. The van der Waals surface area contributed by atoms with Gasteiger partial charge in [-0.15, -0.1) is 0 Å². The van der Waals surface area contributed by atoms with E-state index in [4.69, 9.17) is 10.5 Å². The van der Waals surface area contributed by atoms with Gasteiger partial charge in [0.1, 0.15) is 5.69 Å². The maximum Gasteiger partial charge on any atom is 0.417 e. The quantitative estimate of drug-likeness (QED) is 0.298. The highest BCUT2D eigenvalue weighted by Gasteiger charge is 2.39. The summed E-state index contributed by atoms with van der Waals surface area (Å²) in [5.41, 5.74) is 3.07. The first-order chi connectivity index (χ1) is 14.5. The average molecular weight is 443 g/mol. The summed E-state index contributed by atoms with van der Waals surface area (Å²) >= 11 is 0. The van der Waals surface area contributed by atoms with Gasteiger partial charge in [-0.25, -0.2) is 9.97 Å². The monoisotopic (exact) mass is 443 g/mol. The highest BCUT2D eigenvalue weighted by Crippen LogP contribution is 2.44. The van der Waals surface area contributed by atoms with Gasteiger partial charge in [0.15, 0.2) is 0 Å². The Balaban J connectivity index is 2.09. The van der Waals surface area contributed by atoms with Crippen molar-refractivity contribution in [3.8, 4) is 11.3 Å². The third kappa shape index (κ3) is 4.53. The second kappa shape index (κ2) is 8.25. The van der Waals surface area contributed by atoms with Gasteiger partial charge in [0.25, 0.3) is 0 Å². The van der Waals surface area contributed by atoms with Crippen molar-refractivity contribution in [1.82, 2.24) is 9.97 Å². The van der Waals surface area contributed by atoms with Crippen LogP contribution in [0.4, 0.5) is 34.8 Å². The molecule has 2 aromatic heterocycles. The molecule has 1 saturated carbocycles. The van der Waals surface area contributed by atoms with E-state index >= 15 is 0 Å². The number of hydrogen-bond donors (Lipinski definition) is 1. The Morgan fingerprint density at radius 1 is 1.35 bits per heavy atom. The van der Waals surface area contributed by atoms with Crippen molar-refractivity contribution in [2.75, 3.05) is 37.9 Å². The predicted octanol–water partition coefficient (Wildman–Crippen LogP) is 4.04. The molecule has 0 spiro atoms. The van der Waals surface area contributed by atoms with E-state index in [1.54, 1.807) is 19.1 Å². The van der Waals surface area contributed by atoms with Crippen molar-refractivity contribution in [2.24, 2.45) is 5.41 Å². The van der Waals surface area contributed by atoms with Crippen molar-refractivity contribution >= 4 is 17.2 Å². The number of hydrogen-bond acceptors (Lipinski definition) is 7. The summed E-state index contributed by atoms with van der Waals surface area (Å²) in [6.45, 7) is 0.832. The Morgan fingerprint density at radius 2 is 2.03 bits per heavy atom. The first-order valence-corrected chi connectivity index (χ1v) is 9.35. The standard InChI is InChI=1S/C19H21F4N5O3/c1-27(9-18(10-31-2)4-3-5-18)14-7-13(26-17(24)15(14)28(29)30)12-6-11(19(21,22)23)8-25-16(12)20/h6-8H,3-5,9-10H2,1-2H3,(H2,24,26). The summed E-state index contributed by atoms with van der Waals surface area (Å²) in [5.74, 6) is -1.73. The van der Waals surface area contributed by atoms with E-state index in [0.717, 1.165) is 25.3 Å². The van der Waals surface area contributed by atoms with Crippen LogP contribution in [0.3, 0.4) is 0 Å². The summed E-state index contributed by atoms with van der Waals surface area (Å²) in [5, 5.41) is 11.6. The highest BCUT2D eigenvalue weighted by atomic mass is 19.4. The van der Waals surface area contributed by atoms with Gasteiger partial charge in [-0.2, -0.15) is 17.6 Å². The molecule has 1 fully saturated rings. The van der Waals surface area contributed by atoms with E-state index in [-0.39, 0.29) is 16.8 Å². The Bertz CT molecular complexity index is 995. The van der Waals surface area contributed by atoms with Gasteiger partial charge < -0.3 is 15.4 Å². The van der Waals surface area contributed by atoms with Crippen LogP contribution < -0.4 is 10.6 Å². The summed E-state index contributed by atoms with van der Waals surface area (Å²) < 4.78 is 58.7. The predicted molar refractivity (Wildman–Crippen MR) is 105 cm³/mol. The molecule has 0 radical (unpaired) electrons.